The van der Waals surface area contributed by atoms with Gasteiger partial charge in [-0.25, -0.2) is 0 Å². The minimum atomic E-state index is -0.169. The predicted molar refractivity (Wildman–Crippen MR) is 96.9 cm³/mol. The molecule has 1 aliphatic heterocycles. The molecule has 0 aromatic heterocycles. The SMILES string of the molecule is Cc1cccc(C(=O)Nc2ccc(N3CCCC3=O)c(Cl)c2)c1C. The van der Waals surface area contributed by atoms with Gasteiger partial charge in [0.25, 0.3) is 5.91 Å². The molecule has 1 N–H and O–H groups in total. The highest BCUT2D eigenvalue weighted by Crippen LogP contribution is 2.32. The van der Waals surface area contributed by atoms with Crippen LogP contribution in [0, 0.1) is 13.8 Å². The van der Waals surface area contributed by atoms with Gasteiger partial charge in [0.2, 0.25) is 5.91 Å². The Hall–Kier alpha value is -2.33. The number of carbonyl (C=O) groups excluding carboxylic acids is 2. The molecule has 1 heterocycles. The van der Waals surface area contributed by atoms with Crippen LogP contribution in [0.2, 0.25) is 5.02 Å². The fraction of sp³-hybridized carbons (Fsp3) is 0.263. The molecule has 1 fully saturated rings. The van der Waals surface area contributed by atoms with Gasteiger partial charge in [0.15, 0.2) is 0 Å². The lowest BCUT2D eigenvalue weighted by Crippen LogP contribution is -2.24. The van der Waals surface area contributed by atoms with Crippen LogP contribution in [0.3, 0.4) is 0 Å². The van der Waals surface area contributed by atoms with Gasteiger partial charge in [-0.15, -0.1) is 0 Å². The highest BCUT2D eigenvalue weighted by molar-refractivity contribution is 6.34. The molecular formula is C19H19ClN2O2. The Labute approximate surface area is 146 Å². The fourth-order valence-electron chi connectivity index (χ4n) is 2.90. The van der Waals surface area contributed by atoms with Crippen LogP contribution in [-0.2, 0) is 4.79 Å². The Balaban J connectivity index is 1.81. The molecular weight excluding hydrogens is 324 g/mol. The van der Waals surface area contributed by atoms with Crippen LogP contribution in [-0.4, -0.2) is 18.4 Å². The molecule has 0 atom stereocenters. The van der Waals surface area contributed by atoms with Gasteiger partial charge < -0.3 is 10.2 Å². The van der Waals surface area contributed by atoms with Crippen molar-refractivity contribution in [2.45, 2.75) is 26.7 Å². The van der Waals surface area contributed by atoms with Crippen molar-refractivity contribution in [2.75, 3.05) is 16.8 Å². The molecule has 0 radical (unpaired) electrons. The van der Waals surface area contributed by atoms with Gasteiger partial charge in [0.1, 0.15) is 0 Å². The van der Waals surface area contributed by atoms with E-state index in [-0.39, 0.29) is 11.8 Å². The number of aryl methyl sites for hydroxylation is 1. The summed E-state index contributed by atoms with van der Waals surface area (Å²) in [5.41, 5.74) is 3.99. The molecule has 1 saturated heterocycles. The normalized spacial score (nSPS) is 14.1. The van der Waals surface area contributed by atoms with Gasteiger partial charge in [0, 0.05) is 24.2 Å². The molecule has 0 aliphatic carbocycles. The van der Waals surface area contributed by atoms with Crippen molar-refractivity contribution in [1.29, 1.82) is 0 Å². The Morgan fingerprint density at radius 1 is 1.21 bits per heavy atom. The highest BCUT2D eigenvalue weighted by atomic mass is 35.5. The summed E-state index contributed by atoms with van der Waals surface area (Å²) in [4.78, 5) is 26.0. The van der Waals surface area contributed by atoms with Gasteiger partial charge in [0.05, 0.1) is 10.7 Å². The third-order valence-electron chi connectivity index (χ3n) is 4.42. The van der Waals surface area contributed by atoms with Gasteiger partial charge in [-0.1, -0.05) is 23.7 Å². The molecule has 2 amide bonds. The van der Waals surface area contributed by atoms with Crippen molar-refractivity contribution in [1.82, 2.24) is 0 Å². The molecule has 124 valence electrons. The summed E-state index contributed by atoms with van der Waals surface area (Å²) in [7, 11) is 0. The minimum Gasteiger partial charge on any atom is -0.322 e. The number of amides is 2. The van der Waals surface area contributed by atoms with E-state index in [1.807, 2.05) is 26.0 Å². The zero-order valence-electron chi connectivity index (χ0n) is 13.7. The standard InChI is InChI=1S/C19H19ClN2O2/c1-12-5-3-6-15(13(12)2)19(24)21-14-8-9-17(16(20)11-14)22-10-4-7-18(22)23/h3,5-6,8-9,11H,4,7,10H2,1-2H3,(H,21,24). The van der Waals surface area contributed by atoms with Crippen molar-refractivity contribution >= 4 is 34.8 Å². The monoisotopic (exact) mass is 342 g/mol. The first-order valence-electron chi connectivity index (χ1n) is 7.95. The second-order valence-corrected chi connectivity index (χ2v) is 6.42. The van der Waals surface area contributed by atoms with E-state index in [0.29, 0.717) is 34.9 Å². The summed E-state index contributed by atoms with van der Waals surface area (Å²) >= 11 is 6.32. The first-order chi connectivity index (χ1) is 11.5. The zero-order chi connectivity index (χ0) is 17.3. The minimum absolute atomic E-state index is 0.0871. The maximum atomic E-state index is 12.5. The number of hydrogen-bond donors (Lipinski definition) is 1. The van der Waals surface area contributed by atoms with E-state index in [1.165, 1.54) is 0 Å². The first-order valence-corrected chi connectivity index (χ1v) is 8.32. The molecule has 5 heteroatoms. The molecule has 0 saturated carbocycles. The van der Waals surface area contributed by atoms with Crippen molar-refractivity contribution in [3.05, 3.63) is 58.1 Å². The van der Waals surface area contributed by atoms with Crippen LogP contribution in [0.5, 0.6) is 0 Å². The average Bonchev–Trinajstić information content (AvgIpc) is 2.96. The van der Waals surface area contributed by atoms with Crippen LogP contribution in [0.4, 0.5) is 11.4 Å². The number of halogens is 1. The van der Waals surface area contributed by atoms with E-state index in [9.17, 15) is 9.59 Å². The molecule has 0 unspecified atom stereocenters. The van der Waals surface area contributed by atoms with Gasteiger partial charge in [-0.3, -0.25) is 9.59 Å². The second kappa shape index (κ2) is 6.65. The Kier molecular flexibility index (Phi) is 4.58. The molecule has 2 aromatic rings. The summed E-state index contributed by atoms with van der Waals surface area (Å²) < 4.78 is 0. The molecule has 2 aromatic carbocycles. The van der Waals surface area contributed by atoms with E-state index in [2.05, 4.69) is 5.32 Å². The molecule has 0 bridgehead atoms. The number of nitrogens with one attached hydrogen (secondary N) is 1. The fourth-order valence-corrected chi connectivity index (χ4v) is 3.18. The summed E-state index contributed by atoms with van der Waals surface area (Å²) in [5, 5.41) is 3.33. The lowest BCUT2D eigenvalue weighted by atomic mass is 10.0. The highest BCUT2D eigenvalue weighted by Gasteiger charge is 2.23. The lowest BCUT2D eigenvalue weighted by molar-refractivity contribution is -0.117. The van der Waals surface area contributed by atoms with E-state index >= 15 is 0 Å². The molecule has 1 aliphatic rings. The third-order valence-corrected chi connectivity index (χ3v) is 4.72. The van der Waals surface area contributed by atoms with Crippen molar-refractivity contribution < 1.29 is 9.59 Å². The summed E-state index contributed by atoms with van der Waals surface area (Å²) in [6.07, 6.45) is 1.40. The van der Waals surface area contributed by atoms with Gasteiger partial charge >= 0.3 is 0 Å². The number of hydrogen-bond acceptors (Lipinski definition) is 2. The molecule has 24 heavy (non-hydrogen) atoms. The summed E-state index contributed by atoms with van der Waals surface area (Å²) in [6.45, 7) is 4.59. The number of anilines is 2. The zero-order valence-corrected chi connectivity index (χ0v) is 14.5. The van der Waals surface area contributed by atoms with Crippen LogP contribution in [0.15, 0.2) is 36.4 Å². The predicted octanol–water partition coefficient (Wildman–Crippen LogP) is 4.34. The molecule has 0 spiro atoms. The summed E-state index contributed by atoms with van der Waals surface area (Å²) in [6, 6.07) is 10.9. The van der Waals surface area contributed by atoms with E-state index in [0.717, 1.165) is 17.5 Å². The van der Waals surface area contributed by atoms with Crippen LogP contribution in [0.1, 0.15) is 34.3 Å². The first kappa shape index (κ1) is 16.5. The quantitative estimate of drug-likeness (QED) is 0.902. The van der Waals surface area contributed by atoms with Crippen molar-refractivity contribution in [3.8, 4) is 0 Å². The number of benzene rings is 2. The van der Waals surface area contributed by atoms with Crippen molar-refractivity contribution in [2.24, 2.45) is 0 Å². The maximum absolute atomic E-state index is 12.5. The van der Waals surface area contributed by atoms with Gasteiger partial charge in [-0.2, -0.15) is 0 Å². The number of rotatable bonds is 3. The van der Waals surface area contributed by atoms with Crippen LogP contribution >= 0.6 is 11.6 Å². The average molecular weight is 343 g/mol. The summed E-state index contributed by atoms with van der Waals surface area (Å²) in [5.74, 6) is -0.0821. The van der Waals surface area contributed by atoms with E-state index in [1.54, 1.807) is 29.2 Å². The molecule has 4 nitrogen and oxygen atoms in total. The smallest absolute Gasteiger partial charge is 0.255 e. The third kappa shape index (κ3) is 3.15. The van der Waals surface area contributed by atoms with Crippen LogP contribution < -0.4 is 10.2 Å². The Bertz CT molecular complexity index is 817. The largest absolute Gasteiger partial charge is 0.322 e. The Morgan fingerprint density at radius 2 is 2.00 bits per heavy atom. The van der Waals surface area contributed by atoms with E-state index < -0.39 is 0 Å². The topological polar surface area (TPSA) is 49.4 Å². The van der Waals surface area contributed by atoms with Crippen molar-refractivity contribution in [3.63, 3.8) is 0 Å². The second-order valence-electron chi connectivity index (χ2n) is 6.02. The number of carbonyl (C=O) groups is 2. The Morgan fingerprint density at radius 3 is 2.67 bits per heavy atom. The lowest BCUT2D eigenvalue weighted by Gasteiger charge is -2.18. The van der Waals surface area contributed by atoms with Crippen LogP contribution in [0.25, 0.3) is 0 Å². The molecule has 3 rings (SSSR count). The number of nitrogens with zero attached hydrogens (tertiary/aromatic N) is 1. The maximum Gasteiger partial charge on any atom is 0.255 e. The van der Waals surface area contributed by atoms with Gasteiger partial charge in [-0.05, 0) is 55.7 Å². The van der Waals surface area contributed by atoms with E-state index in [4.69, 9.17) is 11.6 Å².